The molecule has 2 amide bonds. The summed E-state index contributed by atoms with van der Waals surface area (Å²) in [7, 11) is 1.70. The van der Waals surface area contributed by atoms with Gasteiger partial charge in [0.2, 0.25) is 11.8 Å². The van der Waals surface area contributed by atoms with Crippen LogP contribution >= 0.6 is 0 Å². The Kier molecular flexibility index (Phi) is 7.26. The van der Waals surface area contributed by atoms with Crippen molar-refractivity contribution in [1.29, 1.82) is 0 Å². The van der Waals surface area contributed by atoms with Gasteiger partial charge in [-0.25, -0.2) is 0 Å². The number of carboxylic acid groups (broad SMARTS) is 1. The molecule has 2 rings (SSSR count). The van der Waals surface area contributed by atoms with E-state index in [0.29, 0.717) is 31.8 Å². The molecule has 2 aliphatic rings. The molecule has 0 radical (unpaired) electrons. The Balaban J connectivity index is 1.75. The third kappa shape index (κ3) is 5.72. The first-order valence-electron chi connectivity index (χ1n) is 9.64. The largest absolute Gasteiger partial charge is 0.481 e. The number of carbonyl (C=O) groups excluding carboxylic acids is 2. The molecule has 2 fully saturated rings. The van der Waals surface area contributed by atoms with Crippen molar-refractivity contribution in [3.05, 3.63) is 0 Å². The number of carbonyl (C=O) groups is 3. The van der Waals surface area contributed by atoms with Gasteiger partial charge in [0.25, 0.3) is 0 Å². The number of nitrogens with zero attached hydrogens (tertiary/aromatic N) is 2. The first-order valence-corrected chi connectivity index (χ1v) is 9.64. The van der Waals surface area contributed by atoms with Crippen LogP contribution in [0.3, 0.4) is 0 Å². The van der Waals surface area contributed by atoms with Gasteiger partial charge in [-0.3, -0.25) is 14.4 Å². The number of rotatable bonds is 6. The van der Waals surface area contributed by atoms with Gasteiger partial charge in [-0.1, -0.05) is 39.0 Å². The smallest absolute Gasteiger partial charge is 0.306 e. The lowest BCUT2D eigenvalue weighted by Crippen LogP contribution is -2.46. The maximum absolute atomic E-state index is 12.6. The van der Waals surface area contributed by atoms with Gasteiger partial charge in [0.05, 0.1) is 12.5 Å². The second-order valence-corrected chi connectivity index (χ2v) is 7.83. The summed E-state index contributed by atoms with van der Waals surface area (Å²) in [6.45, 7) is 2.99. The average molecular weight is 352 g/mol. The molecule has 6 nitrogen and oxygen atoms in total. The highest BCUT2D eigenvalue weighted by Crippen LogP contribution is 2.29. The summed E-state index contributed by atoms with van der Waals surface area (Å²) in [5.74, 6) is -0.566. The van der Waals surface area contributed by atoms with Crippen LogP contribution < -0.4 is 0 Å². The van der Waals surface area contributed by atoms with E-state index in [2.05, 4.69) is 0 Å². The van der Waals surface area contributed by atoms with Crippen molar-refractivity contribution < 1.29 is 19.5 Å². The number of amides is 2. The van der Waals surface area contributed by atoms with Crippen molar-refractivity contribution in [2.24, 2.45) is 17.8 Å². The Morgan fingerprint density at radius 3 is 2.24 bits per heavy atom. The van der Waals surface area contributed by atoms with E-state index >= 15 is 0 Å². The fourth-order valence-electron chi connectivity index (χ4n) is 4.16. The average Bonchev–Trinajstić information content (AvgIpc) is 2.61. The number of piperidine rings is 1. The zero-order valence-corrected chi connectivity index (χ0v) is 15.6. The lowest BCUT2D eigenvalue weighted by molar-refractivity contribution is -0.147. The molecular formula is C19H32N2O4. The van der Waals surface area contributed by atoms with E-state index in [-0.39, 0.29) is 30.2 Å². The van der Waals surface area contributed by atoms with Gasteiger partial charge in [-0.2, -0.15) is 0 Å². The minimum atomic E-state index is -0.782. The van der Waals surface area contributed by atoms with Crippen LogP contribution in [0.4, 0.5) is 0 Å². The predicted octanol–water partition coefficient (Wildman–Crippen LogP) is 2.37. The Bertz CT molecular complexity index is 480. The van der Waals surface area contributed by atoms with Gasteiger partial charge in [0.1, 0.15) is 0 Å². The third-order valence-corrected chi connectivity index (χ3v) is 5.78. The monoisotopic (exact) mass is 352 g/mol. The lowest BCUT2D eigenvalue weighted by atomic mass is 9.83. The van der Waals surface area contributed by atoms with Crippen LogP contribution in [-0.2, 0) is 14.4 Å². The molecule has 1 saturated heterocycles. The van der Waals surface area contributed by atoms with Crippen molar-refractivity contribution in [3.8, 4) is 0 Å². The Morgan fingerprint density at radius 1 is 1.08 bits per heavy atom. The Hall–Kier alpha value is -1.59. The zero-order valence-electron chi connectivity index (χ0n) is 15.6. The highest BCUT2D eigenvalue weighted by molar-refractivity contribution is 5.85. The van der Waals surface area contributed by atoms with E-state index in [0.717, 1.165) is 6.42 Å². The molecule has 25 heavy (non-hydrogen) atoms. The molecule has 0 bridgehead atoms. The second-order valence-electron chi connectivity index (χ2n) is 7.83. The highest BCUT2D eigenvalue weighted by atomic mass is 16.4. The SMILES string of the molecule is C[C@@H](CC1CCCCC1)C(=O)N(C)CC(=O)N1CCC(C(=O)O)CC1. The number of likely N-dealkylation sites (tertiary alicyclic amines) is 1. The quantitative estimate of drug-likeness (QED) is 0.796. The molecule has 0 aromatic carbocycles. The van der Waals surface area contributed by atoms with Crippen LogP contribution in [0, 0.1) is 17.8 Å². The molecule has 1 aliphatic heterocycles. The molecular weight excluding hydrogens is 320 g/mol. The van der Waals surface area contributed by atoms with Crippen LogP contribution in [-0.4, -0.2) is 59.4 Å². The molecule has 1 N–H and O–H groups in total. The first-order chi connectivity index (χ1) is 11.9. The van der Waals surface area contributed by atoms with Crippen molar-refractivity contribution >= 4 is 17.8 Å². The number of hydrogen-bond acceptors (Lipinski definition) is 3. The highest BCUT2D eigenvalue weighted by Gasteiger charge is 2.29. The zero-order chi connectivity index (χ0) is 18.4. The topological polar surface area (TPSA) is 77.9 Å². The summed E-state index contributed by atoms with van der Waals surface area (Å²) in [5.41, 5.74) is 0. The first kappa shape index (κ1) is 19.7. The van der Waals surface area contributed by atoms with Gasteiger partial charge in [-0.05, 0) is 25.2 Å². The molecule has 1 atom stereocenters. The Labute approximate surface area is 150 Å². The van der Waals surface area contributed by atoms with E-state index < -0.39 is 5.97 Å². The normalized spacial score (nSPS) is 21.0. The van der Waals surface area contributed by atoms with Gasteiger partial charge in [-0.15, -0.1) is 0 Å². The Morgan fingerprint density at radius 2 is 1.68 bits per heavy atom. The number of likely N-dealkylation sites (N-methyl/N-ethyl adjacent to an activating group) is 1. The van der Waals surface area contributed by atoms with Crippen LogP contribution in [0.1, 0.15) is 58.3 Å². The van der Waals surface area contributed by atoms with Crippen LogP contribution in [0.5, 0.6) is 0 Å². The van der Waals surface area contributed by atoms with Crippen LogP contribution in [0.15, 0.2) is 0 Å². The van der Waals surface area contributed by atoms with Crippen molar-refractivity contribution in [1.82, 2.24) is 9.80 Å². The van der Waals surface area contributed by atoms with Gasteiger partial charge >= 0.3 is 5.97 Å². The molecule has 0 unspecified atom stereocenters. The standard InChI is InChI=1S/C19H32N2O4/c1-14(12-15-6-4-3-5-7-15)18(23)20(2)13-17(22)21-10-8-16(9-11-21)19(24)25/h14-16H,3-13H2,1-2H3,(H,24,25)/t14-/m0/s1. The maximum atomic E-state index is 12.6. The van der Waals surface area contributed by atoms with Gasteiger partial charge < -0.3 is 14.9 Å². The number of aliphatic carboxylic acids is 1. The minimum Gasteiger partial charge on any atom is -0.481 e. The minimum absolute atomic E-state index is 0.0411. The molecule has 1 aliphatic carbocycles. The van der Waals surface area contributed by atoms with Crippen LogP contribution in [0.2, 0.25) is 0 Å². The summed E-state index contributed by atoms with van der Waals surface area (Å²) in [4.78, 5) is 39.2. The van der Waals surface area contributed by atoms with E-state index in [4.69, 9.17) is 5.11 Å². The maximum Gasteiger partial charge on any atom is 0.306 e. The summed E-state index contributed by atoms with van der Waals surface area (Å²) in [5, 5.41) is 9.02. The van der Waals surface area contributed by atoms with E-state index in [9.17, 15) is 14.4 Å². The summed E-state index contributed by atoms with van der Waals surface area (Å²) in [6.07, 6.45) is 8.21. The molecule has 0 aromatic heterocycles. The summed E-state index contributed by atoms with van der Waals surface area (Å²) >= 11 is 0. The van der Waals surface area contributed by atoms with Crippen molar-refractivity contribution in [3.63, 3.8) is 0 Å². The number of hydrogen-bond donors (Lipinski definition) is 1. The molecule has 142 valence electrons. The number of carboxylic acids is 1. The second kappa shape index (κ2) is 9.20. The summed E-state index contributed by atoms with van der Waals surface area (Å²) in [6, 6.07) is 0. The molecule has 1 saturated carbocycles. The molecule has 1 heterocycles. The van der Waals surface area contributed by atoms with Crippen molar-refractivity contribution in [2.75, 3.05) is 26.7 Å². The third-order valence-electron chi connectivity index (χ3n) is 5.78. The van der Waals surface area contributed by atoms with Crippen molar-refractivity contribution in [2.45, 2.75) is 58.3 Å². The fourth-order valence-corrected chi connectivity index (χ4v) is 4.16. The van der Waals surface area contributed by atoms with E-state index in [1.54, 1.807) is 16.8 Å². The molecule has 0 aromatic rings. The van der Waals surface area contributed by atoms with Gasteiger partial charge in [0.15, 0.2) is 0 Å². The van der Waals surface area contributed by atoms with Gasteiger partial charge in [0, 0.05) is 26.1 Å². The van der Waals surface area contributed by atoms with E-state index in [1.165, 1.54) is 32.1 Å². The van der Waals surface area contributed by atoms with E-state index in [1.807, 2.05) is 6.92 Å². The fraction of sp³-hybridized carbons (Fsp3) is 0.842. The molecule has 0 spiro atoms. The summed E-state index contributed by atoms with van der Waals surface area (Å²) < 4.78 is 0. The molecule has 6 heteroatoms. The van der Waals surface area contributed by atoms with Crippen LogP contribution in [0.25, 0.3) is 0 Å². The lowest BCUT2D eigenvalue weighted by Gasteiger charge is -2.32. The predicted molar refractivity (Wildman–Crippen MR) is 94.9 cm³/mol.